The van der Waals surface area contributed by atoms with Gasteiger partial charge in [0.05, 0.1) is 0 Å². The maximum atomic E-state index is 13.8. The summed E-state index contributed by atoms with van der Waals surface area (Å²) >= 11 is 0. The maximum absolute atomic E-state index is 13.8. The minimum Gasteiger partial charge on any atom is -0.381 e. The van der Waals surface area contributed by atoms with Gasteiger partial charge in [-0.05, 0) is 39.2 Å². The Kier molecular flexibility index (Phi) is 4.13. The molecule has 1 rings (SSSR count). The van der Waals surface area contributed by atoms with Crippen molar-refractivity contribution in [2.24, 2.45) is 5.92 Å². The third-order valence-corrected chi connectivity index (χ3v) is 2.51. The minimum atomic E-state index is -1.08. The van der Waals surface area contributed by atoms with Crippen LogP contribution >= 0.6 is 0 Å². The summed E-state index contributed by atoms with van der Waals surface area (Å²) in [7, 11) is 1.79. The number of alkyl halides is 1. The van der Waals surface area contributed by atoms with E-state index < -0.39 is 5.67 Å². The molecule has 3 heteroatoms. The first-order valence-corrected chi connectivity index (χ1v) is 5.05. The number of halogens is 1. The number of hydrogen-bond donors (Lipinski definition) is 1. The van der Waals surface area contributed by atoms with E-state index >= 15 is 0 Å². The van der Waals surface area contributed by atoms with E-state index in [-0.39, 0.29) is 0 Å². The normalized spacial score (nSPS) is 28.4. The zero-order chi connectivity index (χ0) is 9.73. The topological polar surface area (TPSA) is 21.3 Å². The fourth-order valence-corrected chi connectivity index (χ4v) is 2.01. The summed E-state index contributed by atoms with van der Waals surface area (Å²) in [5, 5.41) is 2.88. The zero-order valence-electron chi connectivity index (χ0n) is 8.61. The summed E-state index contributed by atoms with van der Waals surface area (Å²) in [4.78, 5) is 0. The monoisotopic (exact) mass is 189 g/mol. The van der Waals surface area contributed by atoms with E-state index in [0.717, 1.165) is 26.1 Å². The van der Waals surface area contributed by atoms with Crippen LogP contribution in [0.15, 0.2) is 0 Å². The zero-order valence-corrected chi connectivity index (χ0v) is 8.61. The second-order valence-corrected chi connectivity index (χ2v) is 4.23. The second kappa shape index (κ2) is 4.91. The first kappa shape index (κ1) is 10.9. The van der Waals surface area contributed by atoms with Crippen molar-refractivity contribution in [2.45, 2.75) is 31.9 Å². The molecule has 0 saturated carbocycles. The van der Waals surface area contributed by atoms with Crippen LogP contribution in [0.3, 0.4) is 0 Å². The number of nitrogens with one attached hydrogen (secondary N) is 1. The standard InChI is InChI=1S/C10H20FNO/c1-10(11,8-12-2)6-9-4-3-5-13-7-9/h9,12H,3-8H2,1-2H3. The predicted octanol–water partition coefficient (Wildman–Crippen LogP) is 1.75. The van der Waals surface area contributed by atoms with Gasteiger partial charge in [-0.3, -0.25) is 0 Å². The van der Waals surface area contributed by atoms with Gasteiger partial charge in [0, 0.05) is 19.8 Å². The molecular weight excluding hydrogens is 169 g/mol. The van der Waals surface area contributed by atoms with Crippen LogP contribution in [0.25, 0.3) is 0 Å². The molecule has 0 aliphatic carbocycles. The van der Waals surface area contributed by atoms with Gasteiger partial charge in [0.25, 0.3) is 0 Å². The third kappa shape index (κ3) is 4.05. The summed E-state index contributed by atoms with van der Waals surface area (Å²) in [6, 6.07) is 0. The molecule has 1 heterocycles. The molecule has 2 nitrogen and oxygen atoms in total. The van der Waals surface area contributed by atoms with Crippen molar-refractivity contribution >= 4 is 0 Å². The van der Waals surface area contributed by atoms with Gasteiger partial charge in [0.1, 0.15) is 5.67 Å². The molecule has 1 fully saturated rings. The summed E-state index contributed by atoms with van der Waals surface area (Å²) < 4.78 is 19.1. The lowest BCUT2D eigenvalue weighted by Crippen LogP contribution is -2.35. The number of ether oxygens (including phenoxy) is 1. The predicted molar refractivity (Wildman–Crippen MR) is 51.6 cm³/mol. The Bertz CT molecular complexity index is 144. The Morgan fingerprint density at radius 1 is 1.62 bits per heavy atom. The highest BCUT2D eigenvalue weighted by atomic mass is 19.1. The molecule has 0 amide bonds. The van der Waals surface area contributed by atoms with E-state index in [1.165, 1.54) is 0 Å². The molecule has 0 aromatic carbocycles. The first-order chi connectivity index (χ1) is 6.14. The van der Waals surface area contributed by atoms with Crippen LogP contribution in [-0.4, -0.2) is 32.5 Å². The molecule has 0 spiro atoms. The Balaban J connectivity index is 2.28. The van der Waals surface area contributed by atoms with Crippen LogP contribution < -0.4 is 5.32 Å². The Morgan fingerprint density at radius 2 is 2.38 bits per heavy atom. The molecule has 1 N–H and O–H groups in total. The fraction of sp³-hybridized carbons (Fsp3) is 1.00. The highest BCUT2D eigenvalue weighted by molar-refractivity contribution is 4.80. The van der Waals surface area contributed by atoms with Crippen molar-refractivity contribution in [3.05, 3.63) is 0 Å². The van der Waals surface area contributed by atoms with Crippen molar-refractivity contribution < 1.29 is 9.13 Å². The lowest BCUT2D eigenvalue weighted by molar-refractivity contribution is 0.0253. The lowest BCUT2D eigenvalue weighted by Gasteiger charge is -2.28. The second-order valence-electron chi connectivity index (χ2n) is 4.23. The smallest absolute Gasteiger partial charge is 0.121 e. The van der Waals surface area contributed by atoms with Crippen LogP contribution in [-0.2, 0) is 4.74 Å². The number of rotatable bonds is 4. The Hall–Kier alpha value is -0.150. The Labute approximate surface area is 79.8 Å². The highest BCUT2D eigenvalue weighted by Gasteiger charge is 2.28. The van der Waals surface area contributed by atoms with Gasteiger partial charge in [0.2, 0.25) is 0 Å². The van der Waals surface area contributed by atoms with Crippen molar-refractivity contribution in [1.82, 2.24) is 5.32 Å². The maximum Gasteiger partial charge on any atom is 0.121 e. The summed E-state index contributed by atoms with van der Waals surface area (Å²) in [5.41, 5.74) is -1.08. The highest BCUT2D eigenvalue weighted by Crippen LogP contribution is 2.26. The fourth-order valence-electron chi connectivity index (χ4n) is 2.01. The SMILES string of the molecule is CNCC(C)(F)CC1CCCOC1. The van der Waals surface area contributed by atoms with E-state index in [0.29, 0.717) is 18.9 Å². The average molecular weight is 189 g/mol. The molecule has 2 unspecified atom stereocenters. The van der Waals surface area contributed by atoms with E-state index in [1.54, 1.807) is 14.0 Å². The molecular formula is C10H20FNO. The summed E-state index contributed by atoms with van der Waals surface area (Å²) in [5.74, 6) is 0.414. The van der Waals surface area contributed by atoms with Crippen molar-refractivity contribution in [3.8, 4) is 0 Å². The molecule has 2 atom stereocenters. The molecule has 0 radical (unpaired) electrons. The van der Waals surface area contributed by atoms with Gasteiger partial charge < -0.3 is 10.1 Å². The van der Waals surface area contributed by atoms with Crippen LogP contribution in [0.4, 0.5) is 4.39 Å². The van der Waals surface area contributed by atoms with Crippen molar-refractivity contribution in [1.29, 1.82) is 0 Å². The first-order valence-electron chi connectivity index (χ1n) is 5.05. The van der Waals surface area contributed by atoms with Gasteiger partial charge in [0.15, 0.2) is 0 Å². The van der Waals surface area contributed by atoms with E-state index in [4.69, 9.17) is 4.74 Å². The van der Waals surface area contributed by atoms with Crippen LogP contribution in [0.5, 0.6) is 0 Å². The molecule has 0 bridgehead atoms. The van der Waals surface area contributed by atoms with Gasteiger partial charge in [-0.25, -0.2) is 4.39 Å². The lowest BCUT2D eigenvalue weighted by atomic mass is 9.89. The number of hydrogen-bond acceptors (Lipinski definition) is 2. The van der Waals surface area contributed by atoms with E-state index in [9.17, 15) is 4.39 Å². The van der Waals surface area contributed by atoms with Gasteiger partial charge in [-0.1, -0.05) is 0 Å². The van der Waals surface area contributed by atoms with Crippen molar-refractivity contribution in [2.75, 3.05) is 26.8 Å². The van der Waals surface area contributed by atoms with Crippen LogP contribution in [0.1, 0.15) is 26.2 Å². The molecule has 1 saturated heterocycles. The molecule has 0 aromatic rings. The third-order valence-electron chi connectivity index (χ3n) is 2.51. The quantitative estimate of drug-likeness (QED) is 0.727. The van der Waals surface area contributed by atoms with Crippen LogP contribution in [0, 0.1) is 5.92 Å². The summed E-state index contributed by atoms with van der Waals surface area (Å²) in [6.45, 7) is 3.69. The molecule has 1 aliphatic rings. The van der Waals surface area contributed by atoms with Gasteiger partial charge >= 0.3 is 0 Å². The van der Waals surface area contributed by atoms with Gasteiger partial charge in [-0.15, -0.1) is 0 Å². The molecule has 1 aliphatic heterocycles. The molecule has 0 aromatic heterocycles. The largest absolute Gasteiger partial charge is 0.381 e. The van der Waals surface area contributed by atoms with Crippen LogP contribution in [0.2, 0.25) is 0 Å². The molecule has 78 valence electrons. The van der Waals surface area contributed by atoms with E-state index in [1.807, 2.05) is 0 Å². The molecule has 13 heavy (non-hydrogen) atoms. The average Bonchev–Trinajstić information content (AvgIpc) is 2.04. The minimum absolute atomic E-state index is 0.414. The van der Waals surface area contributed by atoms with Gasteiger partial charge in [-0.2, -0.15) is 0 Å². The summed E-state index contributed by atoms with van der Waals surface area (Å²) in [6.07, 6.45) is 2.82. The Morgan fingerprint density at radius 3 is 2.92 bits per heavy atom. The van der Waals surface area contributed by atoms with E-state index in [2.05, 4.69) is 5.32 Å². The van der Waals surface area contributed by atoms with Crippen molar-refractivity contribution in [3.63, 3.8) is 0 Å².